The second kappa shape index (κ2) is 5.92. The van der Waals surface area contributed by atoms with Crippen LogP contribution in [0.5, 0.6) is 0 Å². The molecule has 102 valence electrons. The molecule has 2 nitrogen and oxygen atoms in total. The van der Waals surface area contributed by atoms with Gasteiger partial charge in [0.15, 0.2) is 0 Å². The maximum atomic E-state index is 5.97. The maximum Gasteiger partial charge on any atom is 0.128 e. The summed E-state index contributed by atoms with van der Waals surface area (Å²) in [6, 6.07) is 4.19. The van der Waals surface area contributed by atoms with Crippen LogP contribution in [-0.2, 0) is 5.88 Å². The predicted octanol–water partition coefficient (Wildman–Crippen LogP) is 4.43. The molecule has 1 aromatic heterocycles. The molecular formula is C15H25ClN2. The van der Waals surface area contributed by atoms with Gasteiger partial charge < -0.3 is 4.90 Å². The molecule has 0 spiro atoms. The molecule has 3 heteroatoms. The van der Waals surface area contributed by atoms with Gasteiger partial charge in [0.2, 0.25) is 0 Å². The third-order valence-electron chi connectivity index (χ3n) is 2.74. The van der Waals surface area contributed by atoms with Crippen LogP contribution in [-0.4, -0.2) is 18.6 Å². The first kappa shape index (κ1) is 15.3. The van der Waals surface area contributed by atoms with Crippen molar-refractivity contribution in [2.75, 3.05) is 18.5 Å². The SMILES string of the molecule is CC(C)c1cc(CCl)cc(N(C)CC(C)(C)C)n1. The highest BCUT2D eigenvalue weighted by molar-refractivity contribution is 6.17. The Morgan fingerprint density at radius 2 is 1.89 bits per heavy atom. The summed E-state index contributed by atoms with van der Waals surface area (Å²) in [5, 5.41) is 0. The van der Waals surface area contributed by atoms with Crippen LogP contribution in [0.25, 0.3) is 0 Å². The lowest BCUT2D eigenvalue weighted by Gasteiger charge is -2.28. The zero-order valence-electron chi connectivity index (χ0n) is 12.4. The van der Waals surface area contributed by atoms with Gasteiger partial charge in [-0.2, -0.15) is 0 Å². The van der Waals surface area contributed by atoms with Gasteiger partial charge in [0.1, 0.15) is 5.82 Å². The van der Waals surface area contributed by atoms with Gasteiger partial charge in [-0.05, 0) is 29.0 Å². The number of hydrogen-bond acceptors (Lipinski definition) is 2. The van der Waals surface area contributed by atoms with E-state index in [0.29, 0.717) is 11.8 Å². The molecule has 1 rings (SSSR count). The highest BCUT2D eigenvalue weighted by Crippen LogP contribution is 2.23. The number of pyridine rings is 1. The summed E-state index contributed by atoms with van der Waals surface area (Å²) in [6.45, 7) is 12.0. The lowest BCUT2D eigenvalue weighted by Crippen LogP contribution is -2.30. The summed E-state index contributed by atoms with van der Waals surface area (Å²) in [5.74, 6) is 1.99. The lowest BCUT2D eigenvalue weighted by molar-refractivity contribution is 0.417. The molecule has 0 aliphatic heterocycles. The number of alkyl halides is 1. The van der Waals surface area contributed by atoms with Crippen molar-refractivity contribution in [1.29, 1.82) is 0 Å². The van der Waals surface area contributed by atoms with E-state index in [0.717, 1.165) is 23.6 Å². The Labute approximate surface area is 116 Å². The fourth-order valence-corrected chi connectivity index (χ4v) is 2.11. The molecule has 0 aromatic carbocycles. The van der Waals surface area contributed by atoms with Gasteiger partial charge in [0, 0.05) is 25.2 Å². The number of aromatic nitrogens is 1. The van der Waals surface area contributed by atoms with Crippen molar-refractivity contribution in [3.8, 4) is 0 Å². The molecule has 0 saturated carbocycles. The Hall–Kier alpha value is -0.760. The molecule has 0 aliphatic rings. The second-order valence-electron chi connectivity index (χ2n) is 6.46. The Morgan fingerprint density at radius 3 is 2.33 bits per heavy atom. The summed E-state index contributed by atoms with van der Waals surface area (Å²) in [4.78, 5) is 6.94. The van der Waals surface area contributed by atoms with Crippen LogP contribution in [0.15, 0.2) is 12.1 Å². The predicted molar refractivity (Wildman–Crippen MR) is 80.6 cm³/mol. The van der Waals surface area contributed by atoms with Gasteiger partial charge in [-0.3, -0.25) is 0 Å². The van der Waals surface area contributed by atoms with Gasteiger partial charge in [0.05, 0.1) is 0 Å². The van der Waals surface area contributed by atoms with Crippen molar-refractivity contribution < 1.29 is 0 Å². The van der Waals surface area contributed by atoms with Crippen LogP contribution in [0, 0.1) is 5.41 Å². The van der Waals surface area contributed by atoms with E-state index in [1.54, 1.807) is 0 Å². The van der Waals surface area contributed by atoms with Gasteiger partial charge in [-0.15, -0.1) is 11.6 Å². The minimum absolute atomic E-state index is 0.255. The number of halogens is 1. The molecule has 0 N–H and O–H groups in total. The summed E-state index contributed by atoms with van der Waals surface area (Å²) >= 11 is 5.97. The summed E-state index contributed by atoms with van der Waals surface area (Å²) < 4.78 is 0. The van der Waals surface area contributed by atoms with E-state index >= 15 is 0 Å². The van der Waals surface area contributed by atoms with Crippen molar-refractivity contribution in [2.24, 2.45) is 5.41 Å². The third-order valence-corrected chi connectivity index (χ3v) is 3.05. The topological polar surface area (TPSA) is 16.1 Å². The molecule has 1 aromatic rings. The molecule has 0 radical (unpaired) electrons. The highest BCUT2D eigenvalue weighted by Gasteiger charge is 2.16. The quantitative estimate of drug-likeness (QED) is 0.751. The van der Waals surface area contributed by atoms with E-state index in [9.17, 15) is 0 Å². The van der Waals surface area contributed by atoms with Crippen molar-refractivity contribution in [1.82, 2.24) is 4.98 Å². The summed E-state index contributed by atoms with van der Waals surface area (Å²) in [7, 11) is 2.09. The minimum Gasteiger partial charge on any atom is -0.359 e. The molecule has 0 aliphatic carbocycles. The van der Waals surface area contributed by atoms with Gasteiger partial charge in [0.25, 0.3) is 0 Å². The van der Waals surface area contributed by atoms with Crippen molar-refractivity contribution in [3.05, 3.63) is 23.4 Å². The number of hydrogen-bond donors (Lipinski definition) is 0. The first-order chi connectivity index (χ1) is 8.23. The molecule has 0 fully saturated rings. The van der Waals surface area contributed by atoms with E-state index in [1.165, 1.54) is 0 Å². The average molecular weight is 269 g/mol. The minimum atomic E-state index is 0.255. The summed E-state index contributed by atoms with van der Waals surface area (Å²) in [5.41, 5.74) is 2.51. The maximum absolute atomic E-state index is 5.97. The van der Waals surface area contributed by atoms with Crippen molar-refractivity contribution in [3.63, 3.8) is 0 Å². The Bertz CT molecular complexity index is 394. The lowest BCUT2D eigenvalue weighted by atomic mass is 9.96. The zero-order valence-corrected chi connectivity index (χ0v) is 13.2. The standard InChI is InChI=1S/C15H25ClN2/c1-11(2)13-7-12(9-16)8-14(17-13)18(6)10-15(3,4)5/h7-8,11H,9-10H2,1-6H3. The fraction of sp³-hybridized carbons (Fsp3) is 0.667. The third kappa shape index (κ3) is 4.49. The van der Waals surface area contributed by atoms with Gasteiger partial charge in [-0.25, -0.2) is 4.98 Å². The van der Waals surface area contributed by atoms with Gasteiger partial charge >= 0.3 is 0 Å². The highest BCUT2D eigenvalue weighted by atomic mass is 35.5. The van der Waals surface area contributed by atoms with Crippen LogP contribution in [0.3, 0.4) is 0 Å². The molecule has 1 heterocycles. The Balaban J connectivity index is 3.04. The summed E-state index contributed by atoms with van der Waals surface area (Å²) in [6.07, 6.45) is 0. The van der Waals surface area contributed by atoms with E-state index in [-0.39, 0.29) is 5.41 Å². The molecule has 0 unspecified atom stereocenters. The normalized spacial score (nSPS) is 12.0. The largest absolute Gasteiger partial charge is 0.359 e. The molecule has 0 bridgehead atoms. The smallest absolute Gasteiger partial charge is 0.128 e. The van der Waals surface area contributed by atoms with Crippen molar-refractivity contribution >= 4 is 17.4 Å². The average Bonchev–Trinajstić information content (AvgIpc) is 2.26. The van der Waals surface area contributed by atoms with Crippen LogP contribution >= 0.6 is 11.6 Å². The molecule has 18 heavy (non-hydrogen) atoms. The number of nitrogens with zero attached hydrogens (tertiary/aromatic N) is 2. The Morgan fingerprint density at radius 1 is 1.28 bits per heavy atom. The molecule has 0 atom stereocenters. The zero-order chi connectivity index (χ0) is 13.9. The molecule has 0 amide bonds. The van der Waals surface area contributed by atoms with Crippen LogP contribution in [0.1, 0.15) is 51.8 Å². The molecular weight excluding hydrogens is 244 g/mol. The van der Waals surface area contributed by atoms with E-state index in [1.807, 2.05) is 0 Å². The first-order valence-electron chi connectivity index (χ1n) is 6.51. The monoisotopic (exact) mass is 268 g/mol. The van der Waals surface area contributed by atoms with Crippen LogP contribution in [0.4, 0.5) is 5.82 Å². The first-order valence-corrected chi connectivity index (χ1v) is 7.04. The number of anilines is 1. The van der Waals surface area contributed by atoms with Crippen LogP contribution in [0.2, 0.25) is 0 Å². The van der Waals surface area contributed by atoms with E-state index in [4.69, 9.17) is 16.6 Å². The van der Waals surface area contributed by atoms with E-state index < -0.39 is 0 Å². The van der Waals surface area contributed by atoms with Gasteiger partial charge in [-0.1, -0.05) is 34.6 Å². The molecule has 0 saturated heterocycles. The second-order valence-corrected chi connectivity index (χ2v) is 6.73. The number of rotatable bonds is 4. The fourth-order valence-electron chi connectivity index (χ4n) is 1.96. The van der Waals surface area contributed by atoms with Crippen molar-refractivity contribution in [2.45, 2.75) is 46.4 Å². The van der Waals surface area contributed by atoms with Crippen LogP contribution < -0.4 is 4.90 Å². The Kier molecular flexibility index (Phi) is 5.03. The van der Waals surface area contributed by atoms with E-state index in [2.05, 4.69) is 58.7 Å².